The lowest BCUT2D eigenvalue weighted by Crippen LogP contribution is -2.08. The van der Waals surface area contributed by atoms with Crippen LogP contribution in [0.1, 0.15) is 29.5 Å². The number of anilines is 1. The average molecular weight is 217 g/mol. The van der Waals surface area contributed by atoms with E-state index in [4.69, 9.17) is 10.8 Å². The Bertz CT molecular complexity index is 584. The minimum absolute atomic E-state index is 0.0930. The molecule has 0 radical (unpaired) electrons. The third-order valence-corrected chi connectivity index (χ3v) is 2.84. The summed E-state index contributed by atoms with van der Waals surface area (Å²) in [6.07, 6.45) is 2.00. The minimum atomic E-state index is -0.998. The number of imidazole rings is 1. The van der Waals surface area contributed by atoms with Gasteiger partial charge in [0.25, 0.3) is 0 Å². The van der Waals surface area contributed by atoms with Gasteiger partial charge in [-0.25, -0.2) is 9.78 Å². The lowest BCUT2D eigenvalue weighted by molar-refractivity contribution is 0.0678. The van der Waals surface area contributed by atoms with Crippen molar-refractivity contribution in [1.82, 2.24) is 9.55 Å². The molecule has 0 atom stereocenters. The number of carboxylic acids is 1. The number of hydrogen-bond donors (Lipinski definition) is 2. The van der Waals surface area contributed by atoms with Gasteiger partial charge in [0.05, 0.1) is 16.7 Å². The molecule has 3 rings (SSSR count). The summed E-state index contributed by atoms with van der Waals surface area (Å²) in [7, 11) is 0. The van der Waals surface area contributed by atoms with Crippen LogP contribution in [0.5, 0.6) is 0 Å². The van der Waals surface area contributed by atoms with E-state index in [-0.39, 0.29) is 11.9 Å². The molecule has 1 aromatic heterocycles. The van der Waals surface area contributed by atoms with E-state index in [2.05, 4.69) is 4.98 Å². The summed E-state index contributed by atoms with van der Waals surface area (Å²) in [5.41, 5.74) is 7.88. The van der Waals surface area contributed by atoms with E-state index < -0.39 is 5.97 Å². The average Bonchev–Trinajstić information content (AvgIpc) is 2.99. The van der Waals surface area contributed by atoms with Gasteiger partial charge in [-0.05, 0) is 25.0 Å². The fourth-order valence-electron chi connectivity index (χ4n) is 2.01. The highest BCUT2D eigenvalue weighted by Crippen LogP contribution is 2.39. The molecule has 1 aliphatic rings. The summed E-state index contributed by atoms with van der Waals surface area (Å²) < 4.78 is 1.76. The first-order chi connectivity index (χ1) is 7.68. The molecule has 1 heterocycles. The summed E-state index contributed by atoms with van der Waals surface area (Å²) in [6, 6.07) is 5.60. The molecule has 82 valence electrons. The van der Waals surface area contributed by atoms with Crippen LogP contribution < -0.4 is 5.73 Å². The zero-order valence-electron chi connectivity index (χ0n) is 8.55. The summed E-state index contributed by atoms with van der Waals surface area (Å²) in [5, 5.41) is 9.11. The molecule has 3 N–H and O–H groups in total. The van der Waals surface area contributed by atoms with Crippen LogP contribution in [0.4, 0.5) is 5.69 Å². The smallest absolute Gasteiger partial charge is 0.372 e. The first-order valence-corrected chi connectivity index (χ1v) is 5.18. The van der Waals surface area contributed by atoms with Crippen molar-refractivity contribution in [2.45, 2.75) is 18.9 Å². The van der Waals surface area contributed by atoms with Gasteiger partial charge >= 0.3 is 5.97 Å². The minimum Gasteiger partial charge on any atom is -0.475 e. The molecule has 0 amide bonds. The highest BCUT2D eigenvalue weighted by Gasteiger charge is 2.31. The van der Waals surface area contributed by atoms with Crippen molar-refractivity contribution in [1.29, 1.82) is 0 Å². The number of benzene rings is 1. The second-order valence-electron chi connectivity index (χ2n) is 4.06. The monoisotopic (exact) mass is 217 g/mol. The maximum Gasteiger partial charge on any atom is 0.372 e. The normalized spacial score (nSPS) is 15.5. The predicted octanol–water partition coefficient (Wildman–Crippen LogP) is 1.65. The number of aromatic carboxylic acids is 1. The molecule has 1 aromatic carbocycles. The number of hydrogen-bond acceptors (Lipinski definition) is 3. The molecule has 2 aromatic rings. The number of rotatable bonds is 2. The quantitative estimate of drug-likeness (QED) is 0.749. The number of fused-ring (bicyclic) bond motifs is 1. The number of nitrogen functional groups attached to an aromatic ring is 1. The van der Waals surface area contributed by atoms with Crippen molar-refractivity contribution in [3.8, 4) is 0 Å². The summed E-state index contributed by atoms with van der Waals surface area (Å²) >= 11 is 0. The lowest BCUT2D eigenvalue weighted by Gasteiger charge is -2.05. The van der Waals surface area contributed by atoms with Crippen LogP contribution in [0.3, 0.4) is 0 Å². The van der Waals surface area contributed by atoms with E-state index in [0.717, 1.165) is 18.4 Å². The molecule has 0 saturated heterocycles. The first-order valence-electron chi connectivity index (χ1n) is 5.18. The van der Waals surface area contributed by atoms with Gasteiger partial charge in [0.2, 0.25) is 5.82 Å². The Kier molecular flexibility index (Phi) is 1.71. The van der Waals surface area contributed by atoms with E-state index in [9.17, 15) is 4.79 Å². The van der Waals surface area contributed by atoms with Crippen molar-refractivity contribution in [3.63, 3.8) is 0 Å². The number of carboxylic acid groups (broad SMARTS) is 1. The second-order valence-corrected chi connectivity index (χ2v) is 4.06. The molecule has 5 nitrogen and oxygen atoms in total. The molecule has 1 saturated carbocycles. The van der Waals surface area contributed by atoms with Crippen molar-refractivity contribution in [3.05, 3.63) is 24.0 Å². The molecule has 0 aliphatic heterocycles. The standard InChI is InChI=1S/C11H11N3O2/c12-7-2-1-3-8-9(7)14(6-4-5-6)10(13-8)11(15)16/h1-3,6H,4-5,12H2,(H,15,16). The predicted molar refractivity (Wildman–Crippen MR) is 59.4 cm³/mol. The summed E-state index contributed by atoms with van der Waals surface area (Å²) in [5.74, 6) is -0.905. The van der Waals surface area contributed by atoms with E-state index in [0.29, 0.717) is 11.2 Å². The summed E-state index contributed by atoms with van der Waals surface area (Å²) in [4.78, 5) is 15.2. The van der Waals surface area contributed by atoms with Gasteiger partial charge in [-0.2, -0.15) is 0 Å². The molecular formula is C11H11N3O2. The van der Waals surface area contributed by atoms with Crippen molar-refractivity contribution < 1.29 is 9.90 Å². The molecule has 1 fully saturated rings. The highest BCUT2D eigenvalue weighted by molar-refractivity contribution is 5.94. The SMILES string of the molecule is Nc1cccc2nc(C(=O)O)n(C3CC3)c12. The van der Waals surface area contributed by atoms with Crippen molar-refractivity contribution in [2.75, 3.05) is 5.73 Å². The Morgan fingerprint density at radius 3 is 2.88 bits per heavy atom. The van der Waals surface area contributed by atoms with Crippen LogP contribution >= 0.6 is 0 Å². The lowest BCUT2D eigenvalue weighted by atomic mass is 10.2. The van der Waals surface area contributed by atoms with Crippen LogP contribution in [0.2, 0.25) is 0 Å². The topological polar surface area (TPSA) is 81.1 Å². The van der Waals surface area contributed by atoms with Crippen LogP contribution in [0, 0.1) is 0 Å². The molecule has 5 heteroatoms. The molecule has 1 aliphatic carbocycles. The largest absolute Gasteiger partial charge is 0.475 e. The van der Waals surface area contributed by atoms with Crippen LogP contribution in [-0.4, -0.2) is 20.6 Å². The maximum atomic E-state index is 11.1. The number of nitrogens with two attached hydrogens (primary N) is 1. The molecule has 16 heavy (non-hydrogen) atoms. The highest BCUT2D eigenvalue weighted by atomic mass is 16.4. The number of carbonyl (C=O) groups is 1. The van der Waals surface area contributed by atoms with Gasteiger partial charge in [0, 0.05) is 6.04 Å². The van der Waals surface area contributed by atoms with E-state index in [1.165, 1.54) is 0 Å². The van der Waals surface area contributed by atoms with Gasteiger partial charge in [-0.3, -0.25) is 0 Å². The third kappa shape index (κ3) is 1.18. The van der Waals surface area contributed by atoms with Crippen molar-refractivity contribution in [2.24, 2.45) is 0 Å². The molecule has 0 unspecified atom stereocenters. The Balaban J connectivity index is 2.38. The van der Waals surface area contributed by atoms with Crippen molar-refractivity contribution >= 4 is 22.7 Å². The van der Waals surface area contributed by atoms with Crippen LogP contribution in [0.15, 0.2) is 18.2 Å². The van der Waals surface area contributed by atoms with E-state index in [1.54, 1.807) is 22.8 Å². The third-order valence-electron chi connectivity index (χ3n) is 2.84. The molecule has 0 bridgehead atoms. The van der Waals surface area contributed by atoms with E-state index >= 15 is 0 Å². The first kappa shape index (κ1) is 9.21. The van der Waals surface area contributed by atoms with Gasteiger partial charge in [0.15, 0.2) is 0 Å². The Morgan fingerprint density at radius 1 is 1.50 bits per heavy atom. The van der Waals surface area contributed by atoms with Gasteiger partial charge in [-0.1, -0.05) is 6.07 Å². The second kappa shape index (κ2) is 2.98. The van der Waals surface area contributed by atoms with Gasteiger partial charge in [0.1, 0.15) is 0 Å². The van der Waals surface area contributed by atoms with Crippen LogP contribution in [-0.2, 0) is 0 Å². The number of nitrogens with zero attached hydrogens (tertiary/aromatic N) is 2. The fourth-order valence-corrected chi connectivity index (χ4v) is 2.01. The summed E-state index contributed by atoms with van der Waals surface area (Å²) in [6.45, 7) is 0. The Morgan fingerprint density at radius 2 is 2.25 bits per heavy atom. The number of para-hydroxylation sites is 1. The zero-order valence-corrected chi connectivity index (χ0v) is 8.55. The van der Waals surface area contributed by atoms with Gasteiger partial charge in [-0.15, -0.1) is 0 Å². The molecular weight excluding hydrogens is 206 g/mol. The Labute approximate surface area is 91.5 Å². The molecule has 0 spiro atoms. The number of aromatic nitrogens is 2. The zero-order chi connectivity index (χ0) is 11.3. The fraction of sp³-hybridized carbons (Fsp3) is 0.273. The van der Waals surface area contributed by atoms with Crippen LogP contribution in [0.25, 0.3) is 11.0 Å². The Hall–Kier alpha value is -2.04. The maximum absolute atomic E-state index is 11.1. The van der Waals surface area contributed by atoms with Gasteiger partial charge < -0.3 is 15.4 Å². The van der Waals surface area contributed by atoms with E-state index in [1.807, 2.05) is 0 Å².